The summed E-state index contributed by atoms with van der Waals surface area (Å²) in [5.74, 6) is -0.182. The summed E-state index contributed by atoms with van der Waals surface area (Å²) in [4.78, 5) is 29.0. The number of hydrogen-bond donors (Lipinski definition) is 1. The van der Waals surface area contributed by atoms with E-state index in [9.17, 15) is 14.7 Å². The Hall–Kier alpha value is -3.03. The molecule has 0 aliphatic carbocycles. The molecule has 27 heavy (non-hydrogen) atoms. The lowest BCUT2D eigenvalue weighted by Gasteiger charge is -2.09. The van der Waals surface area contributed by atoms with Crippen molar-refractivity contribution >= 4 is 34.9 Å². The summed E-state index contributed by atoms with van der Waals surface area (Å²) < 4.78 is 3.49. The molecule has 4 rings (SSSR count). The molecule has 0 atom stereocenters. The Morgan fingerprint density at radius 1 is 1.26 bits per heavy atom. The molecule has 1 N–H and O–H groups in total. The second kappa shape index (κ2) is 6.94. The predicted molar refractivity (Wildman–Crippen MR) is 103 cm³/mol. The monoisotopic (exact) mass is 398 g/mol. The van der Waals surface area contributed by atoms with Crippen molar-refractivity contribution in [1.29, 1.82) is 0 Å². The minimum atomic E-state index is -0.371. The van der Waals surface area contributed by atoms with E-state index in [0.717, 1.165) is 4.88 Å². The zero-order chi connectivity index (χ0) is 19.0. The number of rotatable bonds is 4. The van der Waals surface area contributed by atoms with Gasteiger partial charge in [0.15, 0.2) is 10.0 Å². The van der Waals surface area contributed by atoms with Crippen LogP contribution in [0.2, 0.25) is 4.47 Å². The molecular weight excluding hydrogens is 386 g/mol. The molecule has 8 heteroatoms. The van der Waals surface area contributed by atoms with Crippen molar-refractivity contribution in [2.45, 2.75) is 6.54 Å². The van der Waals surface area contributed by atoms with Crippen molar-refractivity contribution in [2.75, 3.05) is 0 Å². The van der Waals surface area contributed by atoms with Gasteiger partial charge in [-0.15, -0.1) is 11.3 Å². The van der Waals surface area contributed by atoms with E-state index in [1.54, 1.807) is 59.4 Å². The summed E-state index contributed by atoms with van der Waals surface area (Å²) >= 11 is 7.22. The number of aromatic nitrogens is 3. The number of carbonyl (C=O) groups is 1. The first-order valence-corrected chi connectivity index (χ1v) is 9.20. The van der Waals surface area contributed by atoms with Gasteiger partial charge in [-0.25, -0.2) is 9.78 Å². The fraction of sp³-hybridized carbons (Fsp3) is 0.0526. The molecular formula is C19H13ClN3O3S+. The first-order valence-electron chi connectivity index (χ1n) is 8.00. The Balaban J connectivity index is 2.02. The molecule has 6 nitrogen and oxygen atoms in total. The minimum Gasteiger partial charge on any atom is -0.477 e. The molecule has 3 aromatic heterocycles. The van der Waals surface area contributed by atoms with Gasteiger partial charge in [-0.05, 0) is 17.7 Å². The van der Waals surface area contributed by atoms with Crippen LogP contribution in [0.15, 0.2) is 59.7 Å². The van der Waals surface area contributed by atoms with Crippen LogP contribution in [-0.2, 0) is 6.54 Å². The highest BCUT2D eigenvalue weighted by molar-refractivity contribution is 7.15. The highest BCUT2D eigenvalue weighted by Gasteiger charge is 2.25. The number of thiazole rings is 1. The molecule has 0 bridgehead atoms. The van der Waals surface area contributed by atoms with E-state index >= 15 is 0 Å². The topological polar surface area (TPSA) is 75.6 Å². The van der Waals surface area contributed by atoms with Crippen LogP contribution in [-0.4, -0.2) is 20.8 Å². The normalized spacial score (nSPS) is 11.0. The van der Waals surface area contributed by atoms with Crippen molar-refractivity contribution in [2.24, 2.45) is 0 Å². The summed E-state index contributed by atoms with van der Waals surface area (Å²) in [6, 6.07) is 11.8. The quantitative estimate of drug-likeness (QED) is 0.423. The molecule has 0 unspecified atom stereocenters. The van der Waals surface area contributed by atoms with Crippen molar-refractivity contribution in [3.8, 4) is 17.0 Å². The van der Waals surface area contributed by atoms with Gasteiger partial charge < -0.3 is 5.11 Å². The van der Waals surface area contributed by atoms with Gasteiger partial charge in [-0.1, -0.05) is 35.9 Å². The van der Waals surface area contributed by atoms with E-state index in [2.05, 4.69) is 4.98 Å². The Morgan fingerprint density at radius 2 is 2.11 bits per heavy atom. The maximum Gasteiger partial charge on any atom is 0.354 e. The Kier molecular flexibility index (Phi) is 4.47. The van der Waals surface area contributed by atoms with Crippen molar-refractivity contribution in [1.82, 2.24) is 9.38 Å². The molecule has 0 saturated carbocycles. The van der Waals surface area contributed by atoms with Gasteiger partial charge in [0, 0.05) is 17.8 Å². The maximum atomic E-state index is 13.0. The minimum absolute atomic E-state index is 0.123. The molecule has 4 aromatic rings. The SMILES string of the molecule is O=Cc1cccc(-c2c(O)[n+](Cc3cnc(Cl)s3)c3ccccn3c2=O)c1. The van der Waals surface area contributed by atoms with Crippen LogP contribution < -0.4 is 10.1 Å². The number of pyridine rings is 1. The average Bonchev–Trinajstić information content (AvgIpc) is 3.10. The van der Waals surface area contributed by atoms with Gasteiger partial charge in [-0.2, -0.15) is 8.97 Å². The van der Waals surface area contributed by atoms with E-state index < -0.39 is 0 Å². The van der Waals surface area contributed by atoms with Crippen LogP contribution >= 0.6 is 22.9 Å². The number of aldehydes is 1. The molecule has 0 amide bonds. The molecule has 0 aliphatic rings. The zero-order valence-electron chi connectivity index (χ0n) is 13.9. The molecule has 134 valence electrons. The van der Waals surface area contributed by atoms with Crippen molar-refractivity contribution in [3.05, 3.63) is 80.1 Å². The summed E-state index contributed by atoms with van der Waals surface area (Å²) in [7, 11) is 0. The van der Waals surface area contributed by atoms with Gasteiger partial charge in [0.25, 0.3) is 11.5 Å². The molecule has 1 aromatic carbocycles. The average molecular weight is 399 g/mol. The van der Waals surface area contributed by atoms with Crippen LogP contribution in [0.5, 0.6) is 5.88 Å². The van der Waals surface area contributed by atoms with Gasteiger partial charge in [0.05, 0.1) is 11.1 Å². The second-order valence-electron chi connectivity index (χ2n) is 5.84. The molecule has 0 radical (unpaired) electrons. The Labute approximate surface area is 162 Å². The van der Waals surface area contributed by atoms with E-state index in [4.69, 9.17) is 11.6 Å². The van der Waals surface area contributed by atoms with E-state index in [-0.39, 0.29) is 17.0 Å². The van der Waals surface area contributed by atoms with Crippen LogP contribution in [0.4, 0.5) is 0 Å². The van der Waals surface area contributed by atoms with E-state index in [0.29, 0.717) is 34.1 Å². The number of halogens is 1. The fourth-order valence-corrected chi connectivity index (χ4v) is 3.94. The Bertz CT molecular complexity index is 1230. The van der Waals surface area contributed by atoms with Crippen LogP contribution in [0.3, 0.4) is 0 Å². The third-order valence-corrected chi connectivity index (χ3v) is 5.28. The molecule has 0 fully saturated rings. The largest absolute Gasteiger partial charge is 0.477 e. The number of hydrogen-bond acceptors (Lipinski definition) is 5. The smallest absolute Gasteiger partial charge is 0.354 e. The third-order valence-electron chi connectivity index (χ3n) is 4.18. The standard InChI is InChI=1S/C19H12ClN3O3S/c20-19-21-9-14(27-19)10-23-15-6-1-2-7-22(15)17(25)16(18(23)26)13-5-3-4-12(8-13)11-24/h1-9,11H,10H2/p+1. The summed E-state index contributed by atoms with van der Waals surface area (Å²) in [6.07, 6.45) is 3.98. The lowest BCUT2D eigenvalue weighted by Crippen LogP contribution is -2.41. The zero-order valence-corrected chi connectivity index (χ0v) is 15.4. The number of aromatic hydroxyl groups is 1. The number of benzene rings is 1. The number of nitrogens with zero attached hydrogens (tertiary/aromatic N) is 3. The van der Waals surface area contributed by atoms with Crippen LogP contribution in [0.25, 0.3) is 16.8 Å². The van der Waals surface area contributed by atoms with Crippen molar-refractivity contribution < 1.29 is 14.5 Å². The van der Waals surface area contributed by atoms with Gasteiger partial charge >= 0.3 is 5.56 Å². The van der Waals surface area contributed by atoms with Crippen LogP contribution in [0.1, 0.15) is 15.2 Å². The fourth-order valence-electron chi connectivity index (χ4n) is 2.97. The van der Waals surface area contributed by atoms with E-state index in [1.807, 2.05) is 0 Å². The highest BCUT2D eigenvalue weighted by atomic mass is 35.5. The lowest BCUT2D eigenvalue weighted by atomic mass is 10.1. The molecule has 0 saturated heterocycles. The highest BCUT2D eigenvalue weighted by Crippen LogP contribution is 2.25. The van der Waals surface area contributed by atoms with Crippen molar-refractivity contribution in [3.63, 3.8) is 0 Å². The summed E-state index contributed by atoms with van der Waals surface area (Å²) in [6.45, 7) is 0.296. The second-order valence-corrected chi connectivity index (χ2v) is 7.54. The van der Waals surface area contributed by atoms with Crippen LogP contribution in [0, 0.1) is 0 Å². The Morgan fingerprint density at radius 3 is 2.85 bits per heavy atom. The van der Waals surface area contributed by atoms with E-state index in [1.165, 1.54) is 15.7 Å². The first kappa shape index (κ1) is 17.4. The van der Waals surface area contributed by atoms with Gasteiger partial charge in [0.2, 0.25) is 0 Å². The third kappa shape index (κ3) is 3.11. The summed E-state index contributed by atoms with van der Waals surface area (Å²) in [5, 5.41) is 11.0. The first-order chi connectivity index (χ1) is 13.1. The maximum absolute atomic E-state index is 13.0. The molecule has 0 spiro atoms. The molecule has 0 aliphatic heterocycles. The molecule has 3 heterocycles. The van der Waals surface area contributed by atoms with Gasteiger partial charge in [-0.3, -0.25) is 4.79 Å². The number of fused-ring (bicyclic) bond motifs is 1. The lowest BCUT2D eigenvalue weighted by molar-refractivity contribution is -0.671. The predicted octanol–water partition coefficient (Wildman–Crippen LogP) is 2.93. The van der Waals surface area contributed by atoms with Gasteiger partial charge in [0.1, 0.15) is 12.8 Å². The number of carbonyl (C=O) groups excluding carboxylic acids is 1. The summed E-state index contributed by atoms with van der Waals surface area (Å²) in [5.41, 5.74) is 1.17.